The number of esters is 1. The van der Waals surface area contributed by atoms with Crippen LogP contribution in [0, 0.1) is 5.82 Å². The first-order chi connectivity index (χ1) is 15.1. The number of halogens is 6. The molecule has 0 fully saturated rings. The number of alkyl halides is 3. The molecule has 0 spiro atoms. The highest BCUT2D eigenvalue weighted by atomic mass is 35.5. The molecule has 0 amide bonds. The number of carbonyl (C=O) groups excluding carboxylic acids is 1. The summed E-state index contributed by atoms with van der Waals surface area (Å²) in [5.74, 6) is -1.62. The average Bonchev–Trinajstić information content (AvgIpc) is 3.22. The van der Waals surface area contributed by atoms with E-state index in [9.17, 15) is 22.4 Å². The molecule has 0 saturated carbocycles. The predicted octanol–water partition coefficient (Wildman–Crippen LogP) is 6.65. The first-order valence-corrected chi connectivity index (χ1v) is 9.92. The summed E-state index contributed by atoms with van der Waals surface area (Å²) in [4.78, 5) is 17.1. The van der Waals surface area contributed by atoms with Crippen molar-refractivity contribution in [3.8, 4) is 0 Å². The lowest BCUT2D eigenvalue weighted by Gasteiger charge is -2.29. The fourth-order valence-electron chi connectivity index (χ4n) is 3.68. The summed E-state index contributed by atoms with van der Waals surface area (Å²) in [7, 11) is 1.23. The number of rotatable bonds is 3. The maximum Gasteiger partial charge on any atom is 0.435 e. The van der Waals surface area contributed by atoms with E-state index in [2.05, 4.69) is 5.16 Å². The molecule has 0 radical (unpaired) electrons. The van der Waals surface area contributed by atoms with Crippen molar-refractivity contribution in [1.29, 1.82) is 0 Å². The van der Waals surface area contributed by atoms with Crippen LogP contribution in [0.25, 0.3) is 10.8 Å². The van der Waals surface area contributed by atoms with Crippen molar-refractivity contribution in [3.63, 3.8) is 0 Å². The second kappa shape index (κ2) is 7.94. The molecule has 166 valence electrons. The molecular weight excluding hydrogens is 473 g/mol. The molecule has 3 aromatic rings. The summed E-state index contributed by atoms with van der Waals surface area (Å²) in [6.45, 7) is 0. The van der Waals surface area contributed by atoms with Gasteiger partial charge in [0.25, 0.3) is 5.60 Å². The van der Waals surface area contributed by atoms with Gasteiger partial charge >= 0.3 is 12.1 Å². The van der Waals surface area contributed by atoms with Crippen molar-refractivity contribution in [1.82, 2.24) is 0 Å². The van der Waals surface area contributed by atoms with Gasteiger partial charge < -0.3 is 9.57 Å². The van der Waals surface area contributed by atoms with Gasteiger partial charge in [0.2, 0.25) is 0 Å². The topological polar surface area (TPSA) is 47.9 Å². The summed E-state index contributed by atoms with van der Waals surface area (Å²) < 4.78 is 61.3. The van der Waals surface area contributed by atoms with E-state index in [0.717, 1.165) is 12.1 Å². The minimum atomic E-state index is -4.93. The molecule has 32 heavy (non-hydrogen) atoms. The van der Waals surface area contributed by atoms with Gasteiger partial charge in [-0.3, -0.25) is 0 Å². The summed E-state index contributed by atoms with van der Waals surface area (Å²) >= 11 is 11.5. The number of carbonyl (C=O) groups is 1. The lowest BCUT2D eigenvalue weighted by Crippen LogP contribution is -2.42. The predicted molar refractivity (Wildman–Crippen MR) is 112 cm³/mol. The molecule has 1 aliphatic rings. The zero-order valence-electron chi connectivity index (χ0n) is 16.3. The number of fused-ring (bicyclic) bond motifs is 1. The van der Waals surface area contributed by atoms with Crippen LogP contribution >= 0.6 is 23.2 Å². The van der Waals surface area contributed by atoms with Gasteiger partial charge in [-0.1, -0.05) is 58.7 Å². The smallest absolute Gasteiger partial charge is 0.435 e. The minimum Gasteiger partial charge on any atom is -0.465 e. The zero-order valence-corrected chi connectivity index (χ0v) is 17.8. The molecule has 10 heteroatoms. The van der Waals surface area contributed by atoms with Gasteiger partial charge in [-0.25, -0.2) is 9.18 Å². The van der Waals surface area contributed by atoms with Crippen molar-refractivity contribution in [3.05, 3.63) is 81.1 Å². The first-order valence-electron chi connectivity index (χ1n) is 9.16. The molecular formula is C22H13Cl2F4NO3. The molecule has 1 heterocycles. The standard InChI is InChI=1S/C22H13Cl2F4NO3/c1-31-20(30)15-7-6-14(12-4-2-3-5-13(12)15)18-10-21(32-29-18,22(26,27)28)11-8-16(23)19(25)17(24)9-11/h2-9H,10H2,1H3. The molecule has 0 aliphatic carbocycles. The van der Waals surface area contributed by atoms with Gasteiger partial charge in [-0.2, -0.15) is 13.2 Å². The summed E-state index contributed by atoms with van der Waals surface area (Å²) in [5.41, 5.74) is -2.79. The third-order valence-corrected chi connectivity index (χ3v) is 5.83. The summed E-state index contributed by atoms with van der Waals surface area (Å²) in [5, 5.41) is 3.57. The SMILES string of the molecule is COC(=O)c1ccc(C2=NOC(c3cc(Cl)c(F)c(Cl)c3)(C(F)(F)F)C2)c2ccccc12. The Labute approximate surface area is 189 Å². The second-order valence-corrected chi connectivity index (χ2v) is 7.90. The van der Waals surface area contributed by atoms with Crippen molar-refractivity contribution >= 4 is 45.7 Å². The maximum absolute atomic E-state index is 14.2. The van der Waals surface area contributed by atoms with Crippen molar-refractivity contribution in [2.45, 2.75) is 18.2 Å². The number of methoxy groups -OCH3 is 1. The lowest BCUT2D eigenvalue weighted by molar-refractivity contribution is -0.275. The van der Waals surface area contributed by atoms with Crippen LogP contribution in [0.1, 0.15) is 27.9 Å². The molecule has 0 N–H and O–H groups in total. The Bertz CT molecular complexity index is 1250. The number of oxime groups is 1. The van der Waals surface area contributed by atoms with Crippen LogP contribution in [0.4, 0.5) is 17.6 Å². The monoisotopic (exact) mass is 485 g/mol. The number of nitrogens with zero attached hydrogens (tertiary/aromatic N) is 1. The van der Waals surface area contributed by atoms with Gasteiger partial charge in [-0.05, 0) is 29.0 Å². The van der Waals surface area contributed by atoms with E-state index < -0.39 is 45.6 Å². The molecule has 0 bridgehead atoms. The van der Waals surface area contributed by atoms with E-state index in [-0.39, 0.29) is 11.3 Å². The van der Waals surface area contributed by atoms with E-state index in [1.807, 2.05) is 0 Å². The third-order valence-electron chi connectivity index (χ3n) is 5.28. The van der Waals surface area contributed by atoms with Crippen LogP contribution in [0.15, 0.2) is 53.7 Å². The Morgan fingerprint density at radius 3 is 2.31 bits per heavy atom. The molecule has 0 saturated heterocycles. The normalized spacial score (nSPS) is 18.4. The van der Waals surface area contributed by atoms with Crippen LogP contribution in [0.3, 0.4) is 0 Å². The molecule has 0 aromatic heterocycles. The molecule has 3 aromatic carbocycles. The highest BCUT2D eigenvalue weighted by molar-refractivity contribution is 6.35. The van der Waals surface area contributed by atoms with Crippen molar-refractivity contribution in [2.24, 2.45) is 5.16 Å². The molecule has 1 unspecified atom stereocenters. The Morgan fingerprint density at radius 1 is 1.09 bits per heavy atom. The van der Waals surface area contributed by atoms with E-state index >= 15 is 0 Å². The summed E-state index contributed by atoms with van der Waals surface area (Å²) in [6, 6.07) is 11.3. The van der Waals surface area contributed by atoms with Gasteiger partial charge in [0, 0.05) is 17.5 Å². The fourth-order valence-corrected chi connectivity index (χ4v) is 4.16. The van der Waals surface area contributed by atoms with Gasteiger partial charge in [0.15, 0.2) is 5.82 Å². The summed E-state index contributed by atoms with van der Waals surface area (Å²) in [6.07, 6.45) is -5.64. The average molecular weight is 486 g/mol. The zero-order chi connectivity index (χ0) is 23.3. The van der Waals surface area contributed by atoms with E-state index in [1.165, 1.54) is 19.2 Å². The first kappa shape index (κ1) is 22.4. The minimum absolute atomic E-state index is 0.00786. The van der Waals surface area contributed by atoms with Crippen LogP contribution in [-0.4, -0.2) is 25.0 Å². The Morgan fingerprint density at radius 2 is 1.72 bits per heavy atom. The Hall–Kier alpha value is -2.84. The van der Waals surface area contributed by atoms with Gasteiger partial charge in [0.05, 0.1) is 28.4 Å². The Balaban J connectivity index is 1.84. The van der Waals surface area contributed by atoms with Crippen LogP contribution in [0.2, 0.25) is 10.0 Å². The second-order valence-electron chi connectivity index (χ2n) is 7.08. The van der Waals surface area contributed by atoms with Crippen molar-refractivity contribution in [2.75, 3.05) is 7.11 Å². The number of hydrogen-bond acceptors (Lipinski definition) is 4. The quantitative estimate of drug-likeness (QED) is 0.237. The molecule has 4 rings (SSSR count). The van der Waals surface area contributed by atoms with Crippen LogP contribution in [0.5, 0.6) is 0 Å². The highest BCUT2D eigenvalue weighted by Crippen LogP contribution is 2.50. The third kappa shape index (κ3) is 3.47. The van der Waals surface area contributed by atoms with Crippen molar-refractivity contribution < 1.29 is 31.9 Å². The van der Waals surface area contributed by atoms with Gasteiger partial charge in [-0.15, -0.1) is 0 Å². The maximum atomic E-state index is 14.2. The Kier molecular flexibility index (Phi) is 5.55. The molecule has 1 atom stereocenters. The van der Waals surface area contributed by atoms with E-state index in [0.29, 0.717) is 16.3 Å². The van der Waals surface area contributed by atoms with Crippen LogP contribution in [-0.2, 0) is 15.2 Å². The van der Waals surface area contributed by atoms with E-state index in [4.69, 9.17) is 32.8 Å². The van der Waals surface area contributed by atoms with Gasteiger partial charge in [0.1, 0.15) is 0 Å². The molecule has 1 aliphatic heterocycles. The number of ether oxygens (including phenoxy) is 1. The lowest BCUT2D eigenvalue weighted by atomic mass is 9.85. The number of hydrogen-bond donors (Lipinski definition) is 0. The van der Waals surface area contributed by atoms with Crippen LogP contribution < -0.4 is 0 Å². The van der Waals surface area contributed by atoms with E-state index in [1.54, 1.807) is 24.3 Å². The largest absolute Gasteiger partial charge is 0.465 e. The fraction of sp³-hybridized carbons (Fsp3) is 0.182. The highest BCUT2D eigenvalue weighted by Gasteiger charge is 2.62. The molecule has 4 nitrogen and oxygen atoms in total. The number of benzene rings is 3.